The van der Waals surface area contributed by atoms with Gasteiger partial charge in [0.15, 0.2) is 0 Å². The first-order chi connectivity index (χ1) is 10.9. The Balaban J connectivity index is 1.89. The maximum atomic E-state index is 12.1. The van der Waals surface area contributed by atoms with Crippen molar-refractivity contribution in [3.63, 3.8) is 0 Å². The van der Waals surface area contributed by atoms with Gasteiger partial charge in [-0.2, -0.15) is 5.10 Å². The zero-order chi connectivity index (χ0) is 16.9. The van der Waals surface area contributed by atoms with Crippen LogP contribution < -0.4 is 10.2 Å². The summed E-state index contributed by atoms with van der Waals surface area (Å²) in [6.07, 6.45) is 4.03. The van der Waals surface area contributed by atoms with E-state index in [0.717, 1.165) is 17.6 Å². The number of sulfonamides is 1. The van der Waals surface area contributed by atoms with E-state index in [0.29, 0.717) is 19.4 Å². The largest absolute Gasteiger partial charge is 0.497 e. The van der Waals surface area contributed by atoms with Crippen LogP contribution in [0.1, 0.15) is 18.4 Å². The topological polar surface area (TPSA) is 88.1 Å². The van der Waals surface area contributed by atoms with Crippen molar-refractivity contribution < 1.29 is 17.9 Å². The normalized spacial score (nSPS) is 19.7. The second-order valence-corrected chi connectivity index (χ2v) is 7.45. The van der Waals surface area contributed by atoms with E-state index >= 15 is 0 Å². The molecule has 0 radical (unpaired) electrons. The Bertz CT molecular complexity index is 670. The molecule has 1 aliphatic rings. The van der Waals surface area contributed by atoms with Crippen LogP contribution in [-0.4, -0.2) is 51.3 Å². The van der Waals surface area contributed by atoms with Crippen LogP contribution in [-0.2, 0) is 14.8 Å². The highest BCUT2D eigenvalue weighted by atomic mass is 32.2. The second-order valence-electron chi connectivity index (χ2n) is 5.47. The van der Waals surface area contributed by atoms with Crippen molar-refractivity contribution in [3.8, 4) is 5.75 Å². The molecule has 1 amide bonds. The standard InChI is InChI=1S/C15H21N3O4S/c1-22-14-7-5-12(6-8-14)10-16-17-15(19)13-4-3-9-18(11-13)23(2,20)21/h5-8,10,13H,3-4,9,11H2,1-2H3,(H,17,19)/b16-10+. The molecule has 1 heterocycles. The molecule has 0 aliphatic carbocycles. The van der Waals surface area contributed by atoms with E-state index in [2.05, 4.69) is 10.5 Å². The Morgan fingerprint density at radius 3 is 2.70 bits per heavy atom. The number of nitrogens with zero attached hydrogens (tertiary/aromatic N) is 2. The van der Waals surface area contributed by atoms with E-state index in [-0.39, 0.29) is 18.4 Å². The zero-order valence-corrected chi connectivity index (χ0v) is 14.0. The van der Waals surface area contributed by atoms with Gasteiger partial charge in [-0.05, 0) is 42.7 Å². The number of ether oxygens (including phenoxy) is 1. The summed E-state index contributed by atoms with van der Waals surface area (Å²) in [5, 5.41) is 3.93. The molecule has 0 saturated carbocycles. The number of hydrogen-bond acceptors (Lipinski definition) is 5. The number of nitrogens with one attached hydrogen (secondary N) is 1. The average Bonchev–Trinajstić information content (AvgIpc) is 2.54. The van der Waals surface area contributed by atoms with Crippen molar-refractivity contribution in [1.82, 2.24) is 9.73 Å². The summed E-state index contributed by atoms with van der Waals surface area (Å²) in [7, 11) is -1.67. The Hall–Kier alpha value is -1.93. The lowest BCUT2D eigenvalue weighted by Crippen LogP contribution is -2.44. The second kappa shape index (κ2) is 7.56. The van der Waals surface area contributed by atoms with E-state index in [1.165, 1.54) is 10.5 Å². The number of benzene rings is 1. The minimum absolute atomic E-state index is 0.211. The number of rotatable bonds is 5. The Morgan fingerprint density at radius 1 is 1.39 bits per heavy atom. The van der Waals surface area contributed by atoms with Crippen molar-refractivity contribution in [1.29, 1.82) is 0 Å². The lowest BCUT2D eigenvalue weighted by atomic mass is 9.99. The molecular formula is C15H21N3O4S. The highest BCUT2D eigenvalue weighted by Gasteiger charge is 2.29. The summed E-state index contributed by atoms with van der Waals surface area (Å²) in [6, 6.07) is 7.24. The van der Waals surface area contributed by atoms with Crippen LogP contribution in [0.25, 0.3) is 0 Å². The van der Waals surface area contributed by atoms with Crippen molar-refractivity contribution in [3.05, 3.63) is 29.8 Å². The van der Waals surface area contributed by atoms with Crippen LogP contribution in [0.3, 0.4) is 0 Å². The third kappa shape index (κ3) is 5.04. The molecule has 0 bridgehead atoms. The van der Waals surface area contributed by atoms with Gasteiger partial charge in [0.05, 0.1) is 25.5 Å². The molecule has 1 aromatic rings. The lowest BCUT2D eigenvalue weighted by molar-refractivity contribution is -0.126. The Labute approximate surface area is 136 Å². The molecule has 1 N–H and O–H groups in total. The number of methoxy groups -OCH3 is 1. The summed E-state index contributed by atoms with van der Waals surface area (Å²) in [5.41, 5.74) is 3.31. The third-order valence-corrected chi connectivity index (χ3v) is 5.00. The van der Waals surface area contributed by atoms with E-state index in [1.54, 1.807) is 19.2 Å². The van der Waals surface area contributed by atoms with Gasteiger partial charge in [-0.1, -0.05) is 0 Å². The highest BCUT2D eigenvalue weighted by molar-refractivity contribution is 7.88. The first-order valence-corrected chi connectivity index (χ1v) is 9.17. The van der Waals surface area contributed by atoms with Gasteiger partial charge in [-0.25, -0.2) is 18.1 Å². The van der Waals surface area contributed by atoms with Gasteiger partial charge in [0.2, 0.25) is 15.9 Å². The molecule has 8 heteroatoms. The van der Waals surface area contributed by atoms with Crippen LogP contribution >= 0.6 is 0 Å². The Morgan fingerprint density at radius 2 is 2.09 bits per heavy atom. The minimum atomic E-state index is -3.26. The van der Waals surface area contributed by atoms with Crippen LogP contribution in [0, 0.1) is 5.92 Å². The fourth-order valence-electron chi connectivity index (χ4n) is 2.41. The van der Waals surface area contributed by atoms with Crippen LogP contribution in [0.4, 0.5) is 0 Å². The van der Waals surface area contributed by atoms with Gasteiger partial charge in [0.25, 0.3) is 0 Å². The Kier molecular flexibility index (Phi) is 5.73. The monoisotopic (exact) mass is 339 g/mol. The zero-order valence-electron chi connectivity index (χ0n) is 13.2. The molecular weight excluding hydrogens is 318 g/mol. The first-order valence-electron chi connectivity index (χ1n) is 7.32. The number of amides is 1. The van der Waals surface area contributed by atoms with Crippen LogP contribution in [0.5, 0.6) is 5.75 Å². The first kappa shape index (κ1) is 17.4. The van der Waals surface area contributed by atoms with Crippen molar-refractivity contribution >= 4 is 22.1 Å². The van der Waals surface area contributed by atoms with Crippen LogP contribution in [0.2, 0.25) is 0 Å². The number of carbonyl (C=O) groups is 1. The number of piperidine rings is 1. The SMILES string of the molecule is COc1ccc(/C=N/NC(=O)C2CCCN(S(C)(=O)=O)C2)cc1. The molecule has 126 valence electrons. The predicted octanol–water partition coefficient (Wildman–Crippen LogP) is 0.817. The molecule has 1 aromatic carbocycles. The maximum absolute atomic E-state index is 12.1. The number of hydrazone groups is 1. The van der Waals surface area contributed by atoms with Gasteiger partial charge in [-0.15, -0.1) is 0 Å². The predicted molar refractivity (Wildman–Crippen MR) is 87.9 cm³/mol. The van der Waals surface area contributed by atoms with E-state index in [4.69, 9.17) is 4.74 Å². The van der Waals surface area contributed by atoms with Gasteiger partial charge >= 0.3 is 0 Å². The molecule has 1 unspecified atom stereocenters. The minimum Gasteiger partial charge on any atom is -0.497 e. The third-order valence-electron chi connectivity index (χ3n) is 3.73. The molecule has 1 saturated heterocycles. The molecule has 7 nitrogen and oxygen atoms in total. The summed E-state index contributed by atoms with van der Waals surface area (Å²) in [5.74, 6) is 0.115. The van der Waals surface area contributed by atoms with E-state index < -0.39 is 10.0 Å². The fraction of sp³-hybridized carbons (Fsp3) is 0.467. The quantitative estimate of drug-likeness (QED) is 0.635. The van der Waals surface area contributed by atoms with Crippen molar-refractivity contribution in [2.45, 2.75) is 12.8 Å². The lowest BCUT2D eigenvalue weighted by Gasteiger charge is -2.29. The summed E-state index contributed by atoms with van der Waals surface area (Å²) in [4.78, 5) is 12.1. The fourth-order valence-corrected chi connectivity index (χ4v) is 3.32. The number of hydrogen-bond donors (Lipinski definition) is 1. The van der Waals surface area contributed by atoms with Gasteiger partial charge < -0.3 is 4.74 Å². The summed E-state index contributed by atoms with van der Waals surface area (Å²) in [6.45, 7) is 0.681. The van der Waals surface area contributed by atoms with E-state index in [9.17, 15) is 13.2 Å². The molecule has 1 aliphatic heterocycles. The summed E-state index contributed by atoms with van der Waals surface area (Å²) >= 11 is 0. The summed E-state index contributed by atoms with van der Waals surface area (Å²) < 4.78 is 29.5. The van der Waals surface area contributed by atoms with E-state index in [1.807, 2.05) is 12.1 Å². The van der Waals surface area contributed by atoms with Crippen molar-refractivity contribution in [2.75, 3.05) is 26.5 Å². The van der Waals surface area contributed by atoms with Crippen molar-refractivity contribution in [2.24, 2.45) is 11.0 Å². The smallest absolute Gasteiger partial charge is 0.244 e. The molecule has 1 fully saturated rings. The molecule has 2 rings (SSSR count). The number of carbonyl (C=O) groups excluding carboxylic acids is 1. The average molecular weight is 339 g/mol. The molecule has 1 atom stereocenters. The van der Waals surface area contributed by atoms with Gasteiger partial charge in [-0.3, -0.25) is 4.79 Å². The molecule has 23 heavy (non-hydrogen) atoms. The maximum Gasteiger partial charge on any atom is 0.244 e. The molecule has 0 spiro atoms. The van der Waals surface area contributed by atoms with Gasteiger partial charge in [0.1, 0.15) is 5.75 Å². The molecule has 0 aromatic heterocycles. The van der Waals surface area contributed by atoms with Crippen LogP contribution in [0.15, 0.2) is 29.4 Å². The highest BCUT2D eigenvalue weighted by Crippen LogP contribution is 2.18. The van der Waals surface area contributed by atoms with Gasteiger partial charge in [0, 0.05) is 13.1 Å².